The quantitative estimate of drug-likeness (QED) is 0.810. The zero-order chi connectivity index (χ0) is 16.1. The fourth-order valence-electron chi connectivity index (χ4n) is 2.36. The van der Waals surface area contributed by atoms with Gasteiger partial charge >= 0.3 is 0 Å². The Morgan fingerprint density at radius 1 is 1.05 bits per heavy atom. The first kappa shape index (κ1) is 17.4. The van der Waals surface area contributed by atoms with Gasteiger partial charge in [0.25, 0.3) is 0 Å². The third-order valence-corrected chi connectivity index (χ3v) is 4.57. The normalized spacial score (nSPS) is 16.1. The zero-order valence-corrected chi connectivity index (χ0v) is 14.3. The Hall–Kier alpha value is -0.970. The van der Waals surface area contributed by atoms with E-state index in [9.17, 15) is 9.59 Å². The second-order valence-corrected chi connectivity index (χ2v) is 6.50. The summed E-state index contributed by atoms with van der Waals surface area (Å²) < 4.78 is 0. The minimum absolute atomic E-state index is 0.0232. The summed E-state index contributed by atoms with van der Waals surface area (Å²) in [7, 11) is 0. The van der Waals surface area contributed by atoms with Crippen LogP contribution in [0.3, 0.4) is 0 Å². The summed E-state index contributed by atoms with van der Waals surface area (Å²) >= 11 is 17.8. The second-order valence-electron chi connectivity index (χ2n) is 5.27. The first-order valence-electron chi connectivity index (χ1n) is 7.19. The third-order valence-electron chi connectivity index (χ3n) is 3.54. The lowest BCUT2D eigenvalue weighted by Gasteiger charge is -2.24. The van der Waals surface area contributed by atoms with E-state index in [2.05, 4.69) is 5.32 Å². The molecule has 22 heavy (non-hydrogen) atoms. The van der Waals surface area contributed by atoms with Crippen LogP contribution in [0.1, 0.15) is 32.1 Å². The number of halogens is 3. The van der Waals surface area contributed by atoms with Gasteiger partial charge in [0.15, 0.2) is 0 Å². The van der Waals surface area contributed by atoms with Gasteiger partial charge in [0.2, 0.25) is 11.8 Å². The van der Waals surface area contributed by atoms with Crippen molar-refractivity contribution in [3.63, 3.8) is 0 Å². The SMILES string of the molecule is O=C(CN1CCCCCCC1=O)Nc1cc(Cl)c(Cl)cc1Cl. The van der Waals surface area contributed by atoms with E-state index in [4.69, 9.17) is 34.8 Å². The van der Waals surface area contributed by atoms with Gasteiger partial charge in [-0.05, 0) is 25.0 Å². The average molecular weight is 364 g/mol. The Bertz CT molecular complexity index is 578. The van der Waals surface area contributed by atoms with Crippen molar-refractivity contribution in [2.45, 2.75) is 32.1 Å². The summed E-state index contributed by atoms with van der Waals surface area (Å²) in [5.74, 6) is -0.274. The van der Waals surface area contributed by atoms with Crippen LogP contribution in [0, 0.1) is 0 Å². The topological polar surface area (TPSA) is 49.4 Å². The summed E-state index contributed by atoms with van der Waals surface area (Å²) in [5, 5.41) is 3.61. The lowest BCUT2D eigenvalue weighted by Crippen LogP contribution is -2.39. The largest absolute Gasteiger partial charge is 0.333 e. The molecule has 0 saturated carbocycles. The summed E-state index contributed by atoms with van der Waals surface area (Å²) in [4.78, 5) is 25.7. The van der Waals surface area contributed by atoms with Gasteiger partial charge in [-0.3, -0.25) is 9.59 Å². The number of hydrogen-bond donors (Lipinski definition) is 1. The van der Waals surface area contributed by atoms with E-state index in [1.165, 1.54) is 12.1 Å². The number of rotatable bonds is 3. The van der Waals surface area contributed by atoms with Crippen LogP contribution in [-0.2, 0) is 9.59 Å². The van der Waals surface area contributed by atoms with Crippen LogP contribution in [0.2, 0.25) is 15.1 Å². The first-order chi connectivity index (χ1) is 10.5. The fraction of sp³-hybridized carbons (Fsp3) is 0.467. The molecule has 1 aromatic carbocycles. The van der Waals surface area contributed by atoms with E-state index in [0.717, 1.165) is 25.7 Å². The third kappa shape index (κ3) is 4.77. The Labute approximate surface area is 144 Å². The molecule has 0 aliphatic carbocycles. The summed E-state index contributed by atoms with van der Waals surface area (Å²) in [6.45, 7) is 0.636. The van der Waals surface area contributed by atoms with Crippen molar-refractivity contribution in [3.05, 3.63) is 27.2 Å². The Balaban J connectivity index is 2.00. The maximum atomic E-state index is 12.1. The first-order valence-corrected chi connectivity index (χ1v) is 8.33. The van der Waals surface area contributed by atoms with Gasteiger partial charge in [-0.2, -0.15) is 0 Å². The van der Waals surface area contributed by atoms with Gasteiger partial charge in [0.1, 0.15) is 0 Å². The number of nitrogens with one attached hydrogen (secondary N) is 1. The highest BCUT2D eigenvalue weighted by Gasteiger charge is 2.19. The predicted molar refractivity (Wildman–Crippen MR) is 89.8 cm³/mol. The van der Waals surface area contributed by atoms with Crippen LogP contribution >= 0.6 is 34.8 Å². The molecule has 0 unspecified atom stereocenters. The number of carbonyl (C=O) groups is 2. The summed E-state index contributed by atoms with van der Waals surface area (Å²) in [6, 6.07) is 2.97. The van der Waals surface area contributed by atoms with E-state index in [1.807, 2.05) is 0 Å². The van der Waals surface area contributed by atoms with Gasteiger partial charge < -0.3 is 10.2 Å². The molecule has 0 aromatic heterocycles. The molecule has 4 nitrogen and oxygen atoms in total. The number of amides is 2. The molecule has 0 atom stereocenters. The van der Waals surface area contributed by atoms with Gasteiger partial charge in [-0.25, -0.2) is 0 Å². The van der Waals surface area contributed by atoms with Crippen molar-refractivity contribution in [2.24, 2.45) is 0 Å². The number of benzene rings is 1. The standard InChI is InChI=1S/C15H17Cl3N2O2/c16-10-7-12(18)13(8-11(10)17)19-14(21)9-20-6-4-2-1-3-5-15(20)22/h7-8H,1-6,9H2,(H,19,21). The van der Waals surface area contributed by atoms with E-state index >= 15 is 0 Å². The van der Waals surface area contributed by atoms with Crippen LogP contribution in [0.5, 0.6) is 0 Å². The Kier molecular flexibility index (Phi) is 6.36. The molecule has 0 spiro atoms. The molecule has 1 saturated heterocycles. The van der Waals surface area contributed by atoms with Crippen molar-refractivity contribution in [3.8, 4) is 0 Å². The molecule has 1 N–H and O–H groups in total. The van der Waals surface area contributed by atoms with Gasteiger partial charge in [0, 0.05) is 13.0 Å². The number of nitrogens with zero attached hydrogens (tertiary/aromatic N) is 1. The Morgan fingerprint density at radius 2 is 1.73 bits per heavy atom. The zero-order valence-electron chi connectivity index (χ0n) is 12.0. The molecule has 0 bridgehead atoms. The van der Waals surface area contributed by atoms with Crippen LogP contribution in [0.15, 0.2) is 12.1 Å². The monoisotopic (exact) mass is 362 g/mol. The van der Waals surface area contributed by atoms with Crippen LogP contribution in [0.4, 0.5) is 5.69 Å². The molecule has 0 radical (unpaired) electrons. The lowest BCUT2D eigenvalue weighted by atomic mass is 10.1. The molecule has 1 heterocycles. The lowest BCUT2D eigenvalue weighted by molar-refractivity contribution is -0.135. The van der Waals surface area contributed by atoms with Gasteiger partial charge in [-0.1, -0.05) is 47.6 Å². The van der Waals surface area contributed by atoms with Crippen molar-refractivity contribution in [1.29, 1.82) is 0 Å². The molecule has 2 rings (SSSR count). The fourth-order valence-corrected chi connectivity index (χ4v) is 2.96. The number of anilines is 1. The predicted octanol–water partition coefficient (Wildman–Crippen LogP) is 4.38. The van der Waals surface area contributed by atoms with E-state index in [-0.39, 0.29) is 18.4 Å². The summed E-state index contributed by atoms with van der Waals surface area (Å²) in [5.41, 5.74) is 0.389. The van der Waals surface area contributed by atoms with Gasteiger partial charge in [-0.15, -0.1) is 0 Å². The highest BCUT2D eigenvalue weighted by atomic mass is 35.5. The van der Waals surface area contributed by atoms with Crippen molar-refractivity contribution in [2.75, 3.05) is 18.4 Å². The molecule has 2 amide bonds. The summed E-state index contributed by atoms with van der Waals surface area (Å²) in [6.07, 6.45) is 4.47. The van der Waals surface area contributed by atoms with Crippen LogP contribution in [0.25, 0.3) is 0 Å². The van der Waals surface area contributed by atoms with Crippen molar-refractivity contribution in [1.82, 2.24) is 4.90 Å². The Morgan fingerprint density at radius 3 is 2.50 bits per heavy atom. The van der Waals surface area contributed by atoms with Crippen molar-refractivity contribution < 1.29 is 9.59 Å². The van der Waals surface area contributed by atoms with Crippen LogP contribution in [-0.4, -0.2) is 29.8 Å². The minimum Gasteiger partial charge on any atom is -0.333 e. The number of carbonyl (C=O) groups excluding carboxylic acids is 2. The smallest absolute Gasteiger partial charge is 0.244 e. The van der Waals surface area contributed by atoms with E-state index < -0.39 is 0 Å². The maximum Gasteiger partial charge on any atom is 0.244 e. The number of hydrogen-bond acceptors (Lipinski definition) is 2. The number of likely N-dealkylation sites (tertiary alicyclic amines) is 1. The second kappa shape index (κ2) is 8.04. The molecule has 1 fully saturated rings. The highest BCUT2D eigenvalue weighted by Crippen LogP contribution is 2.32. The van der Waals surface area contributed by atoms with Crippen molar-refractivity contribution >= 4 is 52.3 Å². The highest BCUT2D eigenvalue weighted by molar-refractivity contribution is 6.44. The molecule has 120 valence electrons. The molecular formula is C15H17Cl3N2O2. The maximum absolute atomic E-state index is 12.1. The van der Waals surface area contributed by atoms with Crippen LogP contribution < -0.4 is 5.32 Å². The molecule has 1 aliphatic rings. The average Bonchev–Trinajstić information content (AvgIpc) is 2.44. The van der Waals surface area contributed by atoms with E-state index in [1.54, 1.807) is 4.90 Å². The van der Waals surface area contributed by atoms with Gasteiger partial charge in [0.05, 0.1) is 27.3 Å². The molecular weight excluding hydrogens is 347 g/mol. The van der Waals surface area contributed by atoms with E-state index in [0.29, 0.717) is 33.7 Å². The molecule has 1 aliphatic heterocycles. The minimum atomic E-state index is -0.297. The molecule has 1 aromatic rings. The molecule has 7 heteroatoms.